The lowest BCUT2D eigenvalue weighted by atomic mass is 10.0. The molecule has 0 spiro atoms. The Morgan fingerprint density at radius 2 is 1.95 bits per heavy atom. The Morgan fingerprint density at radius 1 is 1.29 bits per heavy atom. The van der Waals surface area contributed by atoms with Crippen molar-refractivity contribution >= 4 is 5.97 Å². The molecule has 0 heterocycles. The molecule has 4 nitrogen and oxygen atoms in total. The molecule has 1 aromatic carbocycles. The molecule has 0 aromatic heterocycles. The molecule has 0 aliphatic heterocycles. The smallest absolute Gasteiger partial charge is 0.323 e. The topological polar surface area (TPSA) is 61.5 Å². The van der Waals surface area contributed by atoms with Gasteiger partial charge >= 0.3 is 5.97 Å². The van der Waals surface area contributed by atoms with Crippen molar-refractivity contribution in [3.8, 4) is 5.75 Å². The Morgan fingerprint density at radius 3 is 2.48 bits per heavy atom. The first kappa shape index (κ1) is 17.4. The van der Waals surface area contributed by atoms with Crippen LogP contribution in [0.1, 0.15) is 34.1 Å². The summed E-state index contributed by atoms with van der Waals surface area (Å²) >= 11 is 0. The van der Waals surface area contributed by atoms with Gasteiger partial charge in [-0.05, 0) is 38.3 Å². The van der Waals surface area contributed by atoms with E-state index in [1.165, 1.54) is 12.1 Å². The molecule has 0 aliphatic rings. The van der Waals surface area contributed by atoms with E-state index in [1.54, 1.807) is 26.0 Å². The molecule has 0 saturated carbocycles. The molecule has 1 rings (SSSR count). The Bertz CT molecular complexity index is 463. The Labute approximate surface area is 125 Å². The van der Waals surface area contributed by atoms with Crippen molar-refractivity contribution in [1.29, 1.82) is 0 Å². The number of hydrogen-bond acceptors (Lipinski definition) is 4. The highest BCUT2D eigenvalue weighted by molar-refractivity contribution is 5.75. The van der Waals surface area contributed by atoms with Crippen molar-refractivity contribution in [2.45, 2.75) is 52.4 Å². The van der Waals surface area contributed by atoms with Gasteiger partial charge in [0.1, 0.15) is 29.8 Å². The first-order chi connectivity index (χ1) is 9.79. The highest BCUT2D eigenvalue weighted by Crippen LogP contribution is 2.20. The van der Waals surface area contributed by atoms with Gasteiger partial charge in [-0.3, -0.25) is 4.79 Å². The number of hydrogen-bond donors (Lipinski definition) is 1. The van der Waals surface area contributed by atoms with Gasteiger partial charge < -0.3 is 15.2 Å². The molecule has 118 valence electrons. The van der Waals surface area contributed by atoms with E-state index in [2.05, 4.69) is 0 Å². The monoisotopic (exact) mass is 297 g/mol. The van der Waals surface area contributed by atoms with Gasteiger partial charge in [-0.25, -0.2) is 4.39 Å². The number of esters is 1. The minimum absolute atomic E-state index is 0.347. The van der Waals surface area contributed by atoms with E-state index in [-0.39, 0.29) is 11.9 Å². The van der Waals surface area contributed by atoms with Gasteiger partial charge in [-0.1, -0.05) is 19.9 Å². The van der Waals surface area contributed by atoms with Crippen molar-refractivity contribution in [1.82, 2.24) is 0 Å². The summed E-state index contributed by atoms with van der Waals surface area (Å²) < 4.78 is 24.3. The fourth-order valence-electron chi connectivity index (χ4n) is 1.88. The zero-order chi connectivity index (χ0) is 16.0. The Kier molecular flexibility index (Phi) is 6.62. The summed E-state index contributed by atoms with van der Waals surface area (Å²) in [6.07, 6.45) is -0.132. The second kappa shape index (κ2) is 7.98. The second-order valence-corrected chi connectivity index (χ2v) is 5.67. The number of ether oxygens (including phenoxy) is 2. The minimum atomic E-state index is -0.679. The Hall–Kier alpha value is -1.62. The van der Waals surface area contributed by atoms with Crippen LogP contribution >= 0.6 is 0 Å². The average Bonchev–Trinajstić information content (AvgIpc) is 2.37. The summed E-state index contributed by atoms with van der Waals surface area (Å²) in [5.41, 5.74) is 5.49. The molecule has 3 atom stereocenters. The fraction of sp³-hybridized carbons (Fsp3) is 0.562. The third-order valence-electron chi connectivity index (χ3n) is 2.98. The van der Waals surface area contributed by atoms with Crippen molar-refractivity contribution in [3.05, 3.63) is 30.1 Å². The van der Waals surface area contributed by atoms with Gasteiger partial charge in [0.15, 0.2) is 0 Å². The highest BCUT2D eigenvalue weighted by Gasteiger charge is 2.25. The molecule has 5 heteroatoms. The summed E-state index contributed by atoms with van der Waals surface area (Å²) in [4.78, 5) is 11.6. The zero-order valence-corrected chi connectivity index (χ0v) is 13.0. The summed E-state index contributed by atoms with van der Waals surface area (Å²) in [6, 6.07) is 5.24. The maximum atomic E-state index is 13.2. The van der Waals surface area contributed by atoms with Crippen LogP contribution < -0.4 is 10.5 Å². The third kappa shape index (κ3) is 6.12. The van der Waals surface area contributed by atoms with Gasteiger partial charge in [-0.2, -0.15) is 0 Å². The molecule has 0 saturated heterocycles. The van der Waals surface area contributed by atoms with E-state index >= 15 is 0 Å². The van der Waals surface area contributed by atoms with Gasteiger partial charge in [0.25, 0.3) is 0 Å². The molecule has 21 heavy (non-hydrogen) atoms. The van der Waals surface area contributed by atoms with Crippen LogP contribution in [-0.2, 0) is 9.53 Å². The first-order valence-electron chi connectivity index (χ1n) is 7.18. The van der Waals surface area contributed by atoms with Crippen LogP contribution in [0.4, 0.5) is 4.39 Å². The summed E-state index contributed by atoms with van der Waals surface area (Å²) in [5, 5.41) is 0. The van der Waals surface area contributed by atoms with Crippen LogP contribution in [0.2, 0.25) is 0 Å². The van der Waals surface area contributed by atoms with Crippen LogP contribution in [-0.4, -0.2) is 24.2 Å². The van der Waals surface area contributed by atoms with E-state index in [0.29, 0.717) is 18.1 Å². The quantitative estimate of drug-likeness (QED) is 0.786. The van der Waals surface area contributed by atoms with Gasteiger partial charge in [0.05, 0.1) is 0 Å². The standard InChI is InChI=1S/C16H24FNO3/c1-10(2)8-15(12(4)20-16(19)11(3)18)21-14-7-5-6-13(17)9-14/h5-7,9-12,15H,8,18H2,1-4H3/t11-,12-,15+/m0/s1. The third-order valence-corrected chi connectivity index (χ3v) is 2.98. The summed E-state index contributed by atoms with van der Waals surface area (Å²) in [7, 11) is 0. The number of carbonyl (C=O) groups excluding carboxylic acids is 1. The van der Waals surface area contributed by atoms with E-state index in [4.69, 9.17) is 15.2 Å². The molecule has 0 aliphatic carbocycles. The maximum absolute atomic E-state index is 13.2. The lowest BCUT2D eigenvalue weighted by molar-refractivity contribution is -0.154. The van der Waals surface area contributed by atoms with E-state index in [9.17, 15) is 9.18 Å². The lowest BCUT2D eigenvalue weighted by Crippen LogP contribution is -2.39. The summed E-state index contributed by atoms with van der Waals surface area (Å²) in [5.74, 6) is -0.0699. The van der Waals surface area contributed by atoms with Gasteiger partial charge in [-0.15, -0.1) is 0 Å². The largest absolute Gasteiger partial charge is 0.486 e. The Balaban J connectivity index is 2.77. The molecule has 1 aromatic rings. The van der Waals surface area contributed by atoms with E-state index in [0.717, 1.165) is 0 Å². The first-order valence-corrected chi connectivity index (χ1v) is 7.18. The van der Waals surface area contributed by atoms with Crippen LogP contribution in [0.25, 0.3) is 0 Å². The molecular formula is C16H24FNO3. The van der Waals surface area contributed by atoms with Crippen LogP contribution in [0, 0.1) is 11.7 Å². The van der Waals surface area contributed by atoms with E-state index < -0.39 is 18.1 Å². The average molecular weight is 297 g/mol. The number of halogens is 1. The normalized spacial score (nSPS) is 15.4. The molecule has 2 N–H and O–H groups in total. The van der Waals surface area contributed by atoms with Crippen molar-refractivity contribution in [3.63, 3.8) is 0 Å². The fourth-order valence-corrected chi connectivity index (χ4v) is 1.88. The second-order valence-electron chi connectivity index (χ2n) is 5.67. The number of nitrogens with two attached hydrogens (primary N) is 1. The van der Waals surface area contributed by atoms with Crippen LogP contribution in [0.5, 0.6) is 5.75 Å². The highest BCUT2D eigenvalue weighted by atomic mass is 19.1. The lowest BCUT2D eigenvalue weighted by Gasteiger charge is -2.27. The maximum Gasteiger partial charge on any atom is 0.323 e. The molecule has 0 unspecified atom stereocenters. The van der Waals surface area contributed by atoms with Crippen molar-refractivity contribution in [2.75, 3.05) is 0 Å². The molecule has 0 amide bonds. The molecule has 0 radical (unpaired) electrons. The van der Waals surface area contributed by atoms with Crippen molar-refractivity contribution in [2.24, 2.45) is 11.7 Å². The predicted octanol–water partition coefficient (Wildman–Crippen LogP) is 2.90. The number of rotatable bonds is 7. The van der Waals surface area contributed by atoms with Crippen LogP contribution in [0.3, 0.4) is 0 Å². The molecule has 0 bridgehead atoms. The summed E-state index contributed by atoms with van der Waals surface area (Å²) in [6.45, 7) is 7.41. The predicted molar refractivity (Wildman–Crippen MR) is 79.5 cm³/mol. The molecule has 0 fully saturated rings. The minimum Gasteiger partial charge on any atom is -0.486 e. The SMILES string of the molecule is CC(C)C[C@@H](Oc1cccc(F)c1)[C@H](C)OC(=O)[C@H](C)N. The van der Waals surface area contributed by atoms with Gasteiger partial charge in [0, 0.05) is 6.07 Å². The van der Waals surface area contributed by atoms with Crippen molar-refractivity contribution < 1.29 is 18.7 Å². The number of carbonyl (C=O) groups is 1. The molecular weight excluding hydrogens is 273 g/mol. The van der Waals surface area contributed by atoms with Crippen LogP contribution in [0.15, 0.2) is 24.3 Å². The number of benzene rings is 1. The van der Waals surface area contributed by atoms with Gasteiger partial charge in [0.2, 0.25) is 0 Å². The zero-order valence-electron chi connectivity index (χ0n) is 13.0. The van der Waals surface area contributed by atoms with E-state index in [1.807, 2.05) is 13.8 Å².